The number of hydrogen-bond acceptors (Lipinski definition) is 3. The molecule has 0 saturated carbocycles. The molecule has 1 aliphatic rings. The third kappa shape index (κ3) is 3.80. The molecule has 1 heterocycles. The van der Waals surface area contributed by atoms with E-state index in [1.807, 2.05) is 0 Å². The van der Waals surface area contributed by atoms with Crippen molar-refractivity contribution in [3.8, 4) is 11.8 Å². The average molecular weight is 277 g/mol. The Morgan fingerprint density at radius 1 is 1.55 bits per heavy atom. The molecule has 0 aromatic heterocycles. The summed E-state index contributed by atoms with van der Waals surface area (Å²) in [5, 5.41) is 11.3. The highest BCUT2D eigenvalue weighted by atomic mass is 19.1. The smallest absolute Gasteiger partial charge is 0.254 e. The highest BCUT2D eigenvalue weighted by molar-refractivity contribution is 5.94. The minimum atomic E-state index is -0.593. The number of hydrogen-bond donors (Lipinski definition) is 2. The second-order valence-electron chi connectivity index (χ2n) is 4.50. The fraction of sp³-hybridized carbons (Fsp3) is 0.400. The molecule has 1 amide bonds. The van der Waals surface area contributed by atoms with Gasteiger partial charge in [-0.25, -0.2) is 4.39 Å². The SMILES string of the molecule is O=C(NCC1CCCO1)c1cc(C#CCO)ccc1F. The molecule has 1 aromatic rings. The predicted octanol–water partition coefficient (Wildman–Crippen LogP) is 1.08. The van der Waals surface area contributed by atoms with E-state index < -0.39 is 11.7 Å². The van der Waals surface area contributed by atoms with Crippen LogP contribution >= 0.6 is 0 Å². The van der Waals surface area contributed by atoms with Gasteiger partial charge >= 0.3 is 0 Å². The first kappa shape index (κ1) is 14.5. The number of amides is 1. The molecule has 106 valence electrons. The van der Waals surface area contributed by atoms with Crippen LogP contribution in [0.4, 0.5) is 4.39 Å². The molecule has 2 N–H and O–H groups in total. The number of halogens is 1. The van der Waals surface area contributed by atoms with E-state index in [2.05, 4.69) is 17.2 Å². The number of carbonyl (C=O) groups is 1. The van der Waals surface area contributed by atoms with Gasteiger partial charge in [0.2, 0.25) is 0 Å². The van der Waals surface area contributed by atoms with E-state index in [1.54, 1.807) is 0 Å². The second-order valence-corrected chi connectivity index (χ2v) is 4.50. The van der Waals surface area contributed by atoms with E-state index in [0.717, 1.165) is 12.8 Å². The van der Waals surface area contributed by atoms with Gasteiger partial charge in [0.05, 0.1) is 11.7 Å². The third-order valence-electron chi connectivity index (χ3n) is 3.04. The van der Waals surface area contributed by atoms with Crippen LogP contribution in [-0.2, 0) is 4.74 Å². The maximum Gasteiger partial charge on any atom is 0.254 e. The number of aliphatic hydroxyl groups excluding tert-OH is 1. The van der Waals surface area contributed by atoms with E-state index in [9.17, 15) is 9.18 Å². The van der Waals surface area contributed by atoms with Crippen molar-refractivity contribution in [2.24, 2.45) is 0 Å². The van der Waals surface area contributed by atoms with Crippen molar-refractivity contribution < 1.29 is 19.0 Å². The van der Waals surface area contributed by atoms with Gasteiger partial charge in [-0.3, -0.25) is 4.79 Å². The molecule has 2 rings (SSSR count). The summed E-state index contributed by atoms with van der Waals surface area (Å²) in [6.45, 7) is 0.809. The fourth-order valence-corrected chi connectivity index (χ4v) is 2.03. The van der Waals surface area contributed by atoms with Crippen LogP contribution in [0.25, 0.3) is 0 Å². The Labute approximate surface area is 116 Å². The third-order valence-corrected chi connectivity index (χ3v) is 3.04. The lowest BCUT2D eigenvalue weighted by Crippen LogP contribution is -2.32. The maximum atomic E-state index is 13.7. The Morgan fingerprint density at radius 2 is 2.40 bits per heavy atom. The lowest BCUT2D eigenvalue weighted by molar-refractivity contribution is 0.0854. The zero-order valence-corrected chi connectivity index (χ0v) is 11.0. The molecule has 0 radical (unpaired) electrons. The number of rotatable bonds is 3. The molecular formula is C15H16FNO3. The summed E-state index contributed by atoms with van der Waals surface area (Å²) < 4.78 is 19.0. The maximum absolute atomic E-state index is 13.7. The minimum absolute atomic E-state index is 0.0133. The normalized spacial score (nSPS) is 17.4. The van der Waals surface area contributed by atoms with Crippen LogP contribution in [0.1, 0.15) is 28.8 Å². The summed E-state index contributed by atoms with van der Waals surface area (Å²) in [5.41, 5.74) is 0.440. The Hall–Kier alpha value is -1.90. The molecule has 1 saturated heterocycles. The van der Waals surface area contributed by atoms with Gasteiger partial charge in [0.25, 0.3) is 5.91 Å². The minimum Gasteiger partial charge on any atom is -0.384 e. The lowest BCUT2D eigenvalue weighted by Gasteiger charge is -2.11. The summed E-state index contributed by atoms with van der Waals surface area (Å²) in [6.07, 6.45) is 1.91. The predicted molar refractivity (Wildman–Crippen MR) is 71.7 cm³/mol. The summed E-state index contributed by atoms with van der Waals surface area (Å²) in [4.78, 5) is 11.9. The van der Waals surface area contributed by atoms with Gasteiger partial charge in [0.15, 0.2) is 0 Å². The van der Waals surface area contributed by atoms with Gasteiger partial charge in [-0.1, -0.05) is 11.8 Å². The molecular weight excluding hydrogens is 261 g/mol. The van der Waals surface area contributed by atoms with Gasteiger partial charge in [-0.2, -0.15) is 0 Å². The van der Waals surface area contributed by atoms with Crippen molar-refractivity contribution in [2.75, 3.05) is 19.8 Å². The molecule has 1 unspecified atom stereocenters. The summed E-state index contributed by atoms with van der Waals surface area (Å²) in [6, 6.07) is 4.04. The summed E-state index contributed by atoms with van der Waals surface area (Å²) in [7, 11) is 0. The molecule has 0 spiro atoms. The standard InChI is InChI=1S/C15H16FNO3/c16-14-6-5-11(3-1-7-18)9-13(14)15(19)17-10-12-4-2-8-20-12/h5-6,9,12,18H,2,4,7-8,10H2,(H,17,19). The van der Waals surface area contributed by atoms with Crippen molar-refractivity contribution in [3.05, 3.63) is 35.1 Å². The molecule has 4 nitrogen and oxygen atoms in total. The van der Waals surface area contributed by atoms with Crippen LogP contribution in [0.2, 0.25) is 0 Å². The average Bonchev–Trinajstić information content (AvgIpc) is 2.97. The van der Waals surface area contributed by atoms with E-state index >= 15 is 0 Å². The fourth-order valence-electron chi connectivity index (χ4n) is 2.03. The highest BCUT2D eigenvalue weighted by Gasteiger charge is 2.18. The van der Waals surface area contributed by atoms with Gasteiger partial charge in [-0.15, -0.1) is 0 Å². The first-order valence-corrected chi connectivity index (χ1v) is 6.50. The zero-order chi connectivity index (χ0) is 14.4. The Kier molecular flexibility index (Phi) is 5.10. The topological polar surface area (TPSA) is 58.6 Å². The summed E-state index contributed by atoms with van der Waals surface area (Å²) >= 11 is 0. The van der Waals surface area contributed by atoms with Crippen LogP contribution in [0, 0.1) is 17.7 Å². The van der Waals surface area contributed by atoms with Crippen LogP contribution in [0.5, 0.6) is 0 Å². The molecule has 1 aromatic carbocycles. The molecule has 1 aliphatic heterocycles. The van der Waals surface area contributed by atoms with Crippen LogP contribution in [0.3, 0.4) is 0 Å². The number of nitrogens with one attached hydrogen (secondary N) is 1. The largest absolute Gasteiger partial charge is 0.384 e. The molecule has 5 heteroatoms. The van der Waals surface area contributed by atoms with E-state index in [0.29, 0.717) is 18.7 Å². The number of carbonyl (C=O) groups excluding carboxylic acids is 1. The van der Waals surface area contributed by atoms with Crippen molar-refractivity contribution in [1.29, 1.82) is 0 Å². The molecule has 20 heavy (non-hydrogen) atoms. The monoisotopic (exact) mass is 277 g/mol. The molecule has 0 aliphatic carbocycles. The highest BCUT2D eigenvalue weighted by Crippen LogP contribution is 2.12. The number of ether oxygens (including phenoxy) is 1. The Balaban J connectivity index is 2.03. The first-order valence-electron chi connectivity index (χ1n) is 6.50. The van der Waals surface area contributed by atoms with Crippen LogP contribution in [0.15, 0.2) is 18.2 Å². The molecule has 0 bridgehead atoms. The van der Waals surface area contributed by atoms with Gasteiger partial charge < -0.3 is 15.2 Å². The summed E-state index contributed by atoms with van der Waals surface area (Å²) in [5.74, 6) is 4.03. The van der Waals surface area contributed by atoms with E-state index in [1.165, 1.54) is 18.2 Å². The van der Waals surface area contributed by atoms with Gasteiger partial charge in [-0.05, 0) is 31.0 Å². The second kappa shape index (κ2) is 7.04. The quantitative estimate of drug-likeness (QED) is 0.813. The Morgan fingerprint density at radius 3 is 3.10 bits per heavy atom. The van der Waals surface area contributed by atoms with Crippen molar-refractivity contribution in [3.63, 3.8) is 0 Å². The van der Waals surface area contributed by atoms with Gasteiger partial charge in [0.1, 0.15) is 12.4 Å². The van der Waals surface area contributed by atoms with Crippen molar-refractivity contribution >= 4 is 5.91 Å². The first-order chi connectivity index (χ1) is 9.70. The number of aliphatic hydroxyl groups is 1. The van der Waals surface area contributed by atoms with Gasteiger partial charge in [0, 0.05) is 18.7 Å². The van der Waals surface area contributed by atoms with Crippen LogP contribution < -0.4 is 5.32 Å². The molecule has 1 fully saturated rings. The van der Waals surface area contributed by atoms with Crippen molar-refractivity contribution in [1.82, 2.24) is 5.32 Å². The zero-order valence-electron chi connectivity index (χ0n) is 11.0. The van der Waals surface area contributed by atoms with E-state index in [-0.39, 0.29) is 18.3 Å². The van der Waals surface area contributed by atoms with Crippen LogP contribution in [-0.4, -0.2) is 36.9 Å². The Bertz CT molecular complexity index is 542. The lowest BCUT2D eigenvalue weighted by atomic mass is 10.1. The van der Waals surface area contributed by atoms with Crippen molar-refractivity contribution in [2.45, 2.75) is 18.9 Å². The van der Waals surface area contributed by atoms with E-state index in [4.69, 9.17) is 9.84 Å². The number of benzene rings is 1. The molecule has 1 atom stereocenters.